The maximum atomic E-state index is 13.9. The number of rotatable bonds is 11. The van der Waals surface area contributed by atoms with Gasteiger partial charge in [-0.3, -0.25) is 13.9 Å². The highest BCUT2D eigenvalue weighted by molar-refractivity contribution is 7.92. The normalized spacial score (nSPS) is 12.0. The number of aryl methyl sites for hydroxylation is 1. The number of nitrogens with zero attached hydrogens (tertiary/aromatic N) is 2. The predicted molar refractivity (Wildman–Crippen MR) is 152 cm³/mol. The summed E-state index contributed by atoms with van der Waals surface area (Å²) in [6.45, 7) is 5.38. The molecule has 0 spiro atoms. The van der Waals surface area contributed by atoms with Crippen molar-refractivity contribution in [2.24, 2.45) is 0 Å². The number of sulfonamides is 1. The number of likely N-dealkylation sites (N-methyl/N-ethyl adjacent to an activating group) is 1. The molecular weight excluding hydrogens is 545 g/mol. The number of benzene rings is 3. The number of anilines is 1. The summed E-state index contributed by atoms with van der Waals surface area (Å²) in [4.78, 5) is 28.3. The van der Waals surface area contributed by atoms with Crippen LogP contribution in [0.15, 0.2) is 77.7 Å². The highest BCUT2D eigenvalue weighted by Gasteiger charge is 2.34. The number of amides is 2. The largest absolute Gasteiger partial charge is 0.355 e. The lowest BCUT2D eigenvalue weighted by Crippen LogP contribution is -2.52. The molecule has 0 aliphatic rings. The fraction of sp³-hybridized carbons (Fsp3) is 0.286. The van der Waals surface area contributed by atoms with Gasteiger partial charge in [0.1, 0.15) is 12.6 Å². The molecule has 10 heteroatoms. The number of hydrogen-bond acceptors (Lipinski definition) is 4. The second kappa shape index (κ2) is 13.1. The average Bonchev–Trinajstić information content (AvgIpc) is 2.89. The molecular formula is C28H31Cl2N3O4S. The van der Waals surface area contributed by atoms with Crippen molar-refractivity contribution >= 4 is 50.7 Å². The smallest absolute Gasteiger partial charge is 0.264 e. The van der Waals surface area contributed by atoms with Gasteiger partial charge in [-0.15, -0.1) is 0 Å². The summed E-state index contributed by atoms with van der Waals surface area (Å²) in [5.74, 6) is -0.869. The van der Waals surface area contributed by atoms with Crippen LogP contribution in [-0.4, -0.2) is 44.3 Å². The molecule has 3 aromatic rings. The van der Waals surface area contributed by atoms with Crippen LogP contribution >= 0.6 is 23.2 Å². The first-order valence-electron chi connectivity index (χ1n) is 12.2. The van der Waals surface area contributed by atoms with Gasteiger partial charge in [0, 0.05) is 18.1 Å². The number of halogens is 2. The van der Waals surface area contributed by atoms with E-state index in [0.29, 0.717) is 13.0 Å². The molecule has 0 unspecified atom stereocenters. The molecule has 7 nitrogen and oxygen atoms in total. The maximum absolute atomic E-state index is 13.9. The summed E-state index contributed by atoms with van der Waals surface area (Å²) in [6.07, 6.45) is 0.340. The van der Waals surface area contributed by atoms with Crippen LogP contribution in [0.4, 0.5) is 5.69 Å². The molecule has 1 N–H and O–H groups in total. The van der Waals surface area contributed by atoms with Crippen LogP contribution in [-0.2, 0) is 26.2 Å². The minimum absolute atomic E-state index is 0.00248. The van der Waals surface area contributed by atoms with E-state index in [2.05, 4.69) is 5.32 Å². The molecule has 0 aliphatic carbocycles. The number of carbonyl (C=O) groups is 2. The fourth-order valence-electron chi connectivity index (χ4n) is 4.02. The topological polar surface area (TPSA) is 86.8 Å². The van der Waals surface area contributed by atoms with Gasteiger partial charge in [0.05, 0.1) is 15.6 Å². The number of nitrogens with one attached hydrogen (secondary N) is 1. The predicted octanol–water partition coefficient (Wildman–Crippen LogP) is 5.44. The quantitative estimate of drug-likeness (QED) is 0.330. The monoisotopic (exact) mass is 575 g/mol. The van der Waals surface area contributed by atoms with Gasteiger partial charge in [-0.2, -0.15) is 0 Å². The minimum Gasteiger partial charge on any atom is -0.355 e. The summed E-state index contributed by atoms with van der Waals surface area (Å²) < 4.78 is 28.7. The van der Waals surface area contributed by atoms with E-state index in [0.717, 1.165) is 15.4 Å². The first kappa shape index (κ1) is 29.5. The molecule has 0 fully saturated rings. The third kappa shape index (κ3) is 7.07. The molecule has 0 aliphatic heterocycles. The SMILES string of the molecule is CCNC(=O)[C@H](CC)N(Cc1ccccc1)C(=O)CN(c1cc(Cl)ccc1Cl)S(=O)(=O)c1ccc(C)cc1. The second-order valence-electron chi connectivity index (χ2n) is 8.75. The highest BCUT2D eigenvalue weighted by atomic mass is 35.5. The van der Waals surface area contributed by atoms with Gasteiger partial charge in [-0.05, 0) is 56.2 Å². The number of hydrogen-bond donors (Lipinski definition) is 1. The first-order chi connectivity index (χ1) is 18.1. The second-order valence-corrected chi connectivity index (χ2v) is 11.5. The van der Waals surface area contributed by atoms with Gasteiger partial charge in [-0.25, -0.2) is 8.42 Å². The molecule has 2 amide bonds. The van der Waals surface area contributed by atoms with Gasteiger partial charge in [0.2, 0.25) is 11.8 Å². The molecule has 0 bridgehead atoms. The molecule has 3 rings (SSSR count). The Kier molecular flexibility index (Phi) is 10.2. The molecule has 0 heterocycles. The van der Waals surface area contributed by atoms with Crippen molar-refractivity contribution in [1.82, 2.24) is 10.2 Å². The van der Waals surface area contributed by atoms with Crippen LogP contribution in [0.3, 0.4) is 0 Å². The van der Waals surface area contributed by atoms with Crippen molar-refractivity contribution in [1.29, 1.82) is 0 Å². The summed E-state index contributed by atoms with van der Waals surface area (Å²) in [5.41, 5.74) is 1.75. The van der Waals surface area contributed by atoms with Crippen molar-refractivity contribution in [3.05, 3.63) is 94.0 Å². The van der Waals surface area contributed by atoms with E-state index in [1.54, 1.807) is 26.0 Å². The average molecular weight is 577 g/mol. The Morgan fingerprint density at radius 3 is 2.21 bits per heavy atom. The summed E-state index contributed by atoms with van der Waals surface area (Å²) in [6, 6.07) is 19.2. The molecule has 202 valence electrons. The van der Waals surface area contributed by atoms with Crippen LogP contribution in [0, 0.1) is 6.92 Å². The highest BCUT2D eigenvalue weighted by Crippen LogP contribution is 2.33. The van der Waals surface area contributed by atoms with Crippen LogP contribution in [0.25, 0.3) is 0 Å². The van der Waals surface area contributed by atoms with E-state index in [-0.39, 0.29) is 33.1 Å². The van der Waals surface area contributed by atoms with Gasteiger partial charge in [-0.1, -0.05) is 78.2 Å². The van der Waals surface area contributed by atoms with E-state index in [1.807, 2.05) is 37.3 Å². The zero-order chi connectivity index (χ0) is 27.9. The Labute approximate surface area is 234 Å². The summed E-state index contributed by atoms with van der Waals surface area (Å²) in [7, 11) is -4.23. The lowest BCUT2D eigenvalue weighted by Gasteiger charge is -2.33. The lowest BCUT2D eigenvalue weighted by atomic mass is 10.1. The summed E-state index contributed by atoms with van der Waals surface area (Å²) in [5, 5.41) is 3.15. The number of carbonyl (C=O) groups excluding carboxylic acids is 2. The molecule has 0 radical (unpaired) electrons. The Morgan fingerprint density at radius 2 is 1.61 bits per heavy atom. The minimum atomic E-state index is -4.23. The van der Waals surface area contributed by atoms with Crippen molar-refractivity contribution in [2.45, 2.75) is 44.7 Å². The fourth-order valence-corrected chi connectivity index (χ4v) is 5.88. The zero-order valence-electron chi connectivity index (χ0n) is 21.5. The molecule has 3 aromatic carbocycles. The Balaban J connectivity index is 2.09. The van der Waals surface area contributed by atoms with E-state index in [4.69, 9.17) is 23.2 Å². The van der Waals surface area contributed by atoms with E-state index in [1.165, 1.54) is 35.2 Å². The Bertz CT molecular complexity index is 1370. The zero-order valence-corrected chi connectivity index (χ0v) is 23.9. The molecule has 1 atom stereocenters. The van der Waals surface area contributed by atoms with Gasteiger partial charge in [0.25, 0.3) is 10.0 Å². The standard InChI is InChI=1S/C28H31Cl2N3O4S/c1-4-25(28(35)31-5-2)32(18-21-9-7-6-8-10-21)27(34)19-33(26-17-22(29)13-16-24(26)30)38(36,37)23-14-11-20(3)12-15-23/h6-17,25H,4-5,18-19H2,1-3H3,(H,31,35)/t25-/m0/s1. The molecule has 38 heavy (non-hydrogen) atoms. The lowest BCUT2D eigenvalue weighted by molar-refractivity contribution is -0.140. The van der Waals surface area contributed by atoms with Crippen molar-refractivity contribution in [3.63, 3.8) is 0 Å². The Morgan fingerprint density at radius 1 is 0.947 bits per heavy atom. The van der Waals surface area contributed by atoms with Gasteiger partial charge < -0.3 is 10.2 Å². The van der Waals surface area contributed by atoms with Crippen molar-refractivity contribution in [2.75, 3.05) is 17.4 Å². The van der Waals surface area contributed by atoms with E-state index < -0.39 is 28.5 Å². The van der Waals surface area contributed by atoms with Crippen LogP contribution in [0.5, 0.6) is 0 Å². The third-order valence-electron chi connectivity index (χ3n) is 6.00. The van der Waals surface area contributed by atoms with Crippen molar-refractivity contribution < 1.29 is 18.0 Å². The van der Waals surface area contributed by atoms with Crippen LogP contribution < -0.4 is 9.62 Å². The first-order valence-corrected chi connectivity index (χ1v) is 14.4. The Hall–Kier alpha value is -3.07. The van der Waals surface area contributed by atoms with E-state index in [9.17, 15) is 18.0 Å². The third-order valence-corrected chi connectivity index (χ3v) is 8.33. The summed E-state index contributed by atoms with van der Waals surface area (Å²) >= 11 is 12.6. The van der Waals surface area contributed by atoms with Crippen LogP contribution in [0.2, 0.25) is 10.0 Å². The van der Waals surface area contributed by atoms with Crippen molar-refractivity contribution in [3.8, 4) is 0 Å². The molecule has 0 aromatic heterocycles. The van der Waals surface area contributed by atoms with Gasteiger partial charge >= 0.3 is 0 Å². The van der Waals surface area contributed by atoms with Crippen LogP contribution in [0.1, 0.15) is 31.4 Å². The van der Waals surface area contributed by atoms with E-state index >= 15 is 0 Å². The maximum Gasteiger partial charge on any atom is 0.264 e. The van der Waals surface area contributed by atoms with Gasteiger partial charge in [0.15, 0.2) is 0 Å². The molecule has 0 saturated heterocycles. The molecule has 0 saturated carbocycles.